The Bertz CT molecular complexity index is 332. The van der Waals surface area contributed by atoms with Crippen molar-refractivity contribution in [1.29, 1.82) is 0 Å². The van der Waals surface area contributed by atoms with Crippen molar-refractivity contribution in [3.63, 3.8) is 0 Å². The Morgan fingerprint density at radius 1 is 1.40 bits per heavy atom. The summed E-state index contributed by atoms with van der Waals surface area (Å²) in [6.07, 6.45) is 1.19. The molecule has 2 unspecified atom stereocenters. The zero-order valence-corrected chi connectivity index (χ0v) is 9.79. The van der Waals surface area contributed by atoms with Gasteiger partial charge in [0.05, 0.1) is 0 Å². The molecule has 0 heterocycles. The van der Waals surface area contributed by atoms with Gasteiger partial charge in [-0.05, 0) is 11.8 Å². The lowest BCUT2D eigenvalue weighted by Crippen LogP contribution is -2.38. The van der Waals surface area contributed by atoms with Gasteiger partial charge in [0.25, 0.3) is 0 Å². The zero-order valence-electron chi connectivity index (χ0n) is 9.79. The average molecular weight is 210 g/mol. The second kappa shape index (κ2) is 2.83. The van der Waals surface area contributed by atoms with Crippen molar-refractivity contribution >= 4 is 11.8 Å². The number of hydrogen-bond acceptors (Lipinski definition) is 3. The van der Waals surface area contributed by atoms with E-state index in [4.69, 9.17) is 4.74 Å². The number of hydrogen-bond donors (Lipinski definition) is 0. The number of ether oxygens (including phenoxy) is 1. The van der Waals surface area contributed by atoms with Crippen LogP contribution >= 0.6 is 0 Å². The van der Waals surface area contributed by atoms with Crippen LogP contribution < -0.4 is 0 Å². The van der Waals surface area contributed by atoms with E-state index in [-0.39, 0.29) is 28.8 Å². The maximum atomic E-state index is 11.7. The molecular weight excluding hydrogens is 192 g/mol. The summed E-state index contributed by atoms with van der Waals surface area (Å²) < 4.78 is 5.34. The van der Waals surface area contributed by atoms with Gasteiger partial charge in [-0.3, -0.25) is 9.59 Å². The van der Waals surface area contributed by atoms with Gasteiger partial charge in [0, 0.05) is 24.7 Å². The fourth-order valence-corrected chi connectivity index (χ4v) is 3.32. The van der Waals surface area contributed by atoms with Crippen LogP contribution in [-0.2, 0) is 14.3 Å². The number of ketones is 1. The molecule has 2 rings (SSSR count). The van der Waals surface area contributed by atoms with Crippen molar-refractivity contribution in [2.75, 3.05) is 0 Å². The molecule has 0 spiro atoms. The lowest BCUT2D eigenvalue weighted by atomic mass is 9.70. The lowest BCUT2D eigenvalue weighted by molar-refractivity contribution is -0.155. The van der Waals surface area contributed by atoms with E-state index < -0.39 is 0 Å². The average Bonchev–Trinajstić information content (AvgIpc) is 2.33. The Balaban J connectivity index is 2.30. The summed E-state index contributed by atoms with van der Waals surface area (Å²) in [5.74, 6) is 0.176. The van der Waals surface area contributed by atoms with Gasteiger partial charge in [-0.25, -0.2) is 0 Å². The maximum absolute atomic E-state index is 11.7. The minimum atomic E-state index is -0.239. The van der Waals surface area contributed by atoms with E-state index in [0.717, 1.165) is 0 Å². The van der Waals surface area contributed by atoms with Gasteiger partial charge >= 0.3 is 5.97 Å². The smallest absolute Gasteiger partial charge is 0.302 e. The molecule has 3 heteroatoms. The van der Waals surface area contributed by atoms with Crippen LogP contribution in [0.4, 0.5) is 0 Å². The quantitative estimate of drug-likeness (QED) is 0.621. The molecule has 0 aromatic rings. The SMILES string of the molecule is CC(=O)OC1C[C@H]2C(=O)CC1(C)C2(C)C. The van der Waals surface area contributed by atoms with Crippen LogP contribution in [0.1, 0.15) is 40.5 Å². The third-order valence-corrected chi connectivity index (χ3v) is 4.74. The third kappa shape index (κ3) is 1.18. The molecule has 0 amide bonds. The summed E-state index contributed by atoms with van der Waals surface area (Å²) in [6, 6.07) is 0. The first-order valence-corrected chi connectivity index (χ1v) is 5.49. The van der Waals surface area contributed by atoms with Crippen LogP contribution in [0.5, 0.6) is 0 Å². The third-order valence-electron chi connectivity index (χ3n) is 4.74. The molecule has 3 nitrogen and oxygen atoms in total. The fraction of sp³-hybridized carbons (Fsp3) is 0.833. The molecule has 0 saturated heterocycles. The van der Waals surface area contributed by atoms with Gasteiger partial charge in [-0.15, -0.1) is 0 Å². The van der Waals surface area contributed by atoms with E-state index in [9.17, 15) is 9.59 Å². The Hall–Kier alpha value is -0.860. The summed E-state index contributed by atoms with van der Waals surface area (Å²) in [4.78, 5) is 22.8. The zero-order chi connectivity index (χ0) is 11.4. The van der Waals surface area contributed by atoms with Crippen molar-refractivity contribution in [1.82, 2.24) is 0 Å². The molecule has 84 valence electrons. The number of Topliss-reactive ketones (excluding diaryl/α,β-unsaturated/α-hetero) is 1. The highest BCUT2D eigenvalue weighted by molar-refractivity contribution is 5.87. The summed E-state index contributed by atoms with van der Waals surface area (Å²) in [6.45, 7) is 7.74. The van der Waals surface area contributed by atoms with E-state index in [0.29, 0.717) is 18.6 Å². The van der Waals surface area contributed by atoms with Crippen molar-refractivity contribution < 1.29 is 14.3 Å². The largest absolute Gasteiger partial charge is 0.462 e. The second-order valence-corrected chi connectivity index (χ2v) is 5.67. The summed E-state index contributed by atoms with van der Waals surface area (Å²) in [7, 11) is 0. The van der Waals surface area contributed by atoms with Gasteiger partial charge < -0.3 is 4.74 Å². The Labute approximate surface area is 90.2 Å². The van der Waals surface area contributed by atoms with Gasteiger partial charge in [0.1, 0.15) is 11.9 Å². The summed E-state index contributed by atoms with van der Waals surface area (Å²) >= 11 is 0. The molecule has 0 aromatic carbocycles. The van der Waals surface area contributed by atoms with Gasteiger partial charge in [0.2, 0.25) is 0 Å². The van der Waals surface area contributed by atoms with Crippen molar-refractivity contribution in [2.24, 2.45) is 16.7 Å². The number of fused-ring (bicyclic) bond motifs is 2. The molecule has 2 aliphatic carbocycles. The summed E-state index contributed by atoms with van der Waals surface area (Å²) in [5.41, 5.74) is -0.204. The van der Waals surface area contributed by atoms with Crippen LogP contribution in [0, 0.1) is 16.7 Å². The lowest BCUT2D eigenvalue weighted by Gasteiger charge is -2.37. The molecule has 2 aliphatic rings. The van der Waals surface area contributed by atoms with Crippen LogP contribution in [-0.4, -0.2) is 17.9 Å². The Morgan fingerprint density at radius 2 is 2.00 bits per heavy atom. The normalized spacial score (nSPS) is 42.0. The van der Waals surface area contributed by atoms with Crippen LogP contribution in [0.25, 0.3) is 0 Å². The molecule has 15 heavy (non-hydrogen) atoms. The topological polar surface area (TPSA) is 43.4 Å². The number of carbonyl (C=O) groups excluding carboxylic acids is 2. The number of rotatable bonds is 1. The number of carbonyl (C=O) groups is 2. The second-order valence-electron chi connectivity index (χ2n) is 5.67. The minimum absolute atomic E-state index is 0.0375. The van der Waals surface area contributed by atoms with Crippen molar-refractivity contribution in [2.45, 2.75) is 46.6 Å². The van der Waals surface area contributed by atoms with Gasteiger partial charge in [-0.2, -0.15) is 0 Å². The highest BCUT2D eigenvalue weighted by Crippen LogP contribution is 2.64. The highest BCUT2D eigenvalue weighted by Gasteiger charge is 2.66. The number of esters is 1. The molecule has 2 fully saturated rings. The Kier molecular flexibility index (Phi) is 2.01. The molecular formula is C12H18O3. The first-order chi connectivity index (χ1) is 6.79. The molecule has 0 aromatic heterocycles. The predicted molar refractivity (Wildman–Crippen MR) is 55.2 cm³/mol. The highest BCUT2D eigenvalue weighted by atomic mass is 16.5. The minimum Gasteiger partial charge on any atom is -0.462 e. The van der Waals surface area contributed by atoms with Crippen LogP contribution in [0.2, 0.25) is 0 Å². The Morgan fingerprint density at radius 3 is 2.33 bits per heavy atom. The van der Waals surface area contributed by atoms with Gasteiger partial charge in [0.15, 0.2) is 0 Å². The molecule has 0 aliphatic heterocycles. The van der Waals surface area contributed by atoms with Crippen LogP contribution in [0.3, 0.4) is 0 Å². The maximum Gasteiger partial charge on any atom is 0.302 e. The van der Waals surface area contributed by atoms with Crippen LogP contribution in [0.15, 0.2) is 0 Å². The molecule has 2 saturated carbocycles. The van der Waals surface area contributed by atoms with Crippen molar-refractivity contribution in [3.8, 4) is 0 Å². The van der Waals surface area contributed by atoms with E-state index in [1.165, 1.54) is 6.92 Å². The van der Waals surface area contributed by atoms with E-state index >= 15 is 0 Å². The fourth-order valence-electron chi connectivity index (χ4n) is 3.32. The first kappa shape index (κ1) is 10.7. The van der Waals surface area contributed by atoms with E-state index in [1.807, 2.05) is 0 Å². The first-order valence-electron chi connectivity index (χ1n) is 5.49. The standard InChI is InChI=1S/C12H18O3/c1-7(13)15-10-5-8-9(14)6-12(10,4)11(8,2)3/h8,10H,5-6H2,1-4H3/t8-,10?,12?/m0/s1. The summed E-state index contributed by atoms with van der Waals surface area (Å²) in [5, 5.41) is 0. The van der Waals surface area contributed by atoms with Gasteiger partial charge in [-0.1, -0.05) is 20.8 Å². The van der Waals surface area contributed by atoms with E-state index in [2.05, 4.69) is 20.8 Å². The molecule has 0 radical (unpaired) electrons. The van der Waals surface area contributed by atoms with E-state index in [1.54, 1.807) is 0 Å². The molecule has 3 atom stereocenters. The molecule has 0 N–H and O–H groups in total. The molecule has 2 bridgehead atoms. The predicted octanol–water partition coefficient (Wildman–Crippen LogP) is 1.94. The van der Waals surface area contributed by atoms with Crippen molar-refractivity contribution in [3.05, 3.63) is 0 Å². The monoisotopic (exact) mass is 210 g/mol.